The van der Waals surface area contributed by atoms with E-state index in [4.69, 9.17) is 4.42 Å². The normalized spacial score (nSPS) is 12.7. The molecular formula is C30H35N7O4. The van der Waals surface area contributed by atoms with Gasteiger partial charge in [-0.3, -0.25) is 9.48 Å². The zero-order valence-electron chi connectivity index (χ0n) is 23.8. The van der Waals surface area contributed by atoms with Gasteiger partial charge in [-0.05, 0) is 58.4 Å². The number of anilines is 3. The van der Waals surface area contributed by atoms with Gasteiger partial charge in [0, 0.05) is 30.5 Å². The molecule has 0 aliphatic carbocycles. The minimum Gasteiger partial charge on any atom is -0.417 e. The molecule has 11 heteroatoms. The number of nitrogens with one attached hydrogen (secondary N) is 2. The maximum absolute atomic E-state index is 12.9. The highest BCUT2D eigenvalue weighted by Crippen LogP contribution is 2.34. The fourth-order valence-electron chi connectivity index (χ4n) is 4.85. The first-order chi connectivity index (χ1) is 19.6. The van der Waals surface area contributed by atoms with Crippen LogP contribution in [-0.2, 0) is 12.1 Å². The van der Waals surface area contributed by atoms with Crippen molar-refractivity contribution in [3.8, 4) is 11.5 Å². The van der Waals surface area contributed by atoms with Gasteiger partial charge in [-0.1, -0.05) is 30.3 Å². The van der Waals surface area contributed by atoms with Crippen LogP contribution in [0, 0.1) is 0 Å². The monoisotopic (exact) mass is 557 g/mol. The number of rotatable bonds is 10. The zero-order valence-corrected chi connectivity index (χ0v) is 23.8. The van der Waals surface area contributed by atoms with E-state index < -0.39 is 11.6 Å². The van der Waals surface area contributed by atoms with Crippen molar-refractivity contribution in [2.45, 2.75) is 58.8 Å². The first-order valence-corrected chi connectivity index (χ1v) is 13.6. The van der Waals surface area contributed by atoms with E-state index in [2.05, 4.69) is 39.7 Å². The summed E-state index contributed by atoms with van der Waals surface area (Å²) in [7, 11) is 0. The van der Waals surface area contributed by atoms with Gasteiger partial charge in [-0.25, -0.2) is 9.67 Å². The van der Waals surface area contributed by atoms with Crippen molar-refractivity contribution in [3.63, 3.8) is 0 Å². The second kappa shape index (κ2) is 11.2. The number of pyridine rings is 1. The molecule has 0 aliphatic rings. The summed E-state index contributed by atoms with van der Waals surface area (Å²) in [6.45, 7) is 9.60. The highest BCUT2D eigenvalue weighted by atomic mass is 16.4. The molecule has 0 radical (unpaired) electrons. The van der Waals surface area contributed by atoms with Gasteiger partial charge in [0.1, 0.15) is 11.4 Å². The van der Waals surface area contributed by atoms with Crippen LogP contribution < -0.4 is 16.2 Å². The molecule has 0 bridgehead atoms. The minimum absolute atomic E-state index is 0.0161. The molecule has 0 saturated carbocycles. The van der Waals surface area contributed by atoms with Gasteiger partial charge in [0.05, 0.1) is 34.8 Å². The van der Waals surface area contributed by atoms with Crippen LogP contribution in [0.5, 0.6) is 0 Å². The lowest BCUT2D eigenvalue weighted by molar-refractivity contribution is 0.0488. The van der Waals surface area contributed by atoms with Gasteiger partial charge in [0.25, 0.3) is 11.4 Å². The lowest BCUT2D eigenvalue weighted by Crippen LogP contribution is -2.23. The Bertz CT molecular complexity index is 1710. The predicted molar refractivity (Wildman–Crippen MR) is 158 cm³/mol. The van der Waals surface area contributed by atoms with Crippen molar-refractivity contribution >= 4 is 28.1 Å². The van der Waals surface area contributed by atoms with Crippen molar-refractivity contribution in [2.24, 2.45) is 0 Å². The maximum atomic E-state index is 12.9. The fraction of sp³-hybridized carbons (Fsp3) is 0.333. The van der Waals surface area contributed by atoms with E-state index >= 15 is 0 Å². The van der Waals surface area contributed by atoms with E-state index in [0.717, 1.165) is 16.8 Å². The second-order valence-electron chi connectivity index (χ2n) is 10.7. The summed E-state index contributed by atoms with van der Waals surface area (Å²) in [5.41, 5.74) is 2.27. The Hall–Kier alpha value is -4.48. The van der Waals surface area contributed by atoms with E-state index in [0.29, 0.717) is 29.0 Å². The van der Waals surface area contributed by atoms with Gasteiger partial charge in [-0.2, -0.15) is 0 Å². The van der Waals surface area contributed by atoms with Crippen LogP contribution in [0.4, 0.5) is 17.2 Å². The Kier molecular flexibility index (Phi) is 7.65. The van der Waals surface area contributed by atoms with Crippen LogP contribution >= 0.6 is 0 Å². The topological polar surface area (TPSA) is 143 Å². The molecule has 0 spiro atoms. The van der Waals surface area contributed by atoms with Crippen molar-refractivity contribution in [2.75, 3.05) is 17.2 Å². The van der Waals surface area contributed by atoms with Crippen molar-refractivity contribution in [1.29, 1.82) is 0 Å². The largest absolute Gasteiger partial charge is 0.417 e. The van der Waals surface area contributed by atoms with E-state index in [-0.39, 0.29) is 30.0 Å². The van der Waals surface area contributed by atoms with Crippen molar-refractivity contribution in [1.82, 2.24) is 24.5 Å². The molecule has 5 rings (SSSR count). The molecule has 11 nitrogen and oxygen atoms in total. The standard InChI is InChI=1S/C30H35N7O4/c1-6-36-28(39)21-13-12-20(14-25(21)37(36)18(2)3)32-26-15-23(33-24(17-38)19-10-8-7-9-11-19)22(16-31-26)27-34-35-29(41-27)30(4,5)40/h7-16,18,24,38,40H,6,17H2,1-5H3,(H2,31,32,33)/t24-/m1/s1. The summed E-state index contributed by atoms with van der Waals surface area (Å²) < 4.78 is 9.55. The van der Waals surface area contributed by atoms with Crippen LogP contribution in [0.1, 0.15) is 58.2 Å². The Balaban J connectivity index is 1.55. The Morgan fingerprint density at radius 1 is 1.07 bits per heavy atom. The van der Waals surface area contributed by atoms with Gasteiger partial charge < -0.3 is 25.3 Å². The maximum Gasteiger partial charge on any atom is 0.274 e. The third-order valence-electron chi connectivity index (χ3n) is 6.83. The summed E-state index contributed by atoms with van der Waals surface area (Å²) >= 11 is 0. The average Bonchev–Trinajstić information content (AvgIpc) is 3.55. The molecule has 0 amide bonds. The lowest BCUT2D eigenvalue weighted by Gasteiger charge is -2.20. The minimum atomic E-state index is -1.31. The highest BCUT2D eigenvalue weighted by molar-refractivity contribution is 5.84. The van der Waals surface area contributed by atoms with E-state index in [1.165, 1.54) is 0 Å². The molecule has 0 aliphatic heterocycles. The van der Waals surface area contributed by atoms with Crippen molar-refractivity contribution < 1.29 is 14.6 Å². The molecule has 1 atom stereocenters. The highest BCUT2D eigenvalue weighted by Gasteiger charge is 2.26. The SMILES string of the molecule is CCn1c(=O)c2ccc(Nc3cc(N[C@H](CO)c4ccccc4)c(-c4nnc(C(C)(C)O)o4)cn3)cc2n1C(C)C. The molecule has 214 valence electrons. The lowest BCUT2D eigenvalue weighted by atomic mass is 10.1. The van der Waals surface area contributed by atoms with Crippen LogP contribution in [-0.4, -0.2) is 41.4 Å². The molecule has 3 aromatic heterocycles. The van der Waals surface area contributed by atoms with Crippen LogP contribution in [0.25, 0.3) is 22.4 Å². The summed E-state index contributed by atoms with van der Waals surface area (Å²) in [5.74, 6) is 0.776. The number of fused-ring (bicyclic) bond motifs is 1. The van der Waals surface area contributed by atoms with Gasteiger partial charge in [0.2, 0.25) is 5.89 Å². The Labute approximate surface area is 237 Å². The first kappa shape index (κ1) is 28.1. The van der Waals surface area contributed by atoms with Crippen LogP contribution in [0.15, 0.2) is 70.0 Å². The molecule has 0 fully saturated rings. The molecule has 3 heterocycles. The van der Waals surface area contributed by atoms with Crippen molar-refractivity contribution in [3.05, 3.63) is 82.6 Å². The Morgan fingerprint density at radius 3 is 2.46 bits per heavy atom. The summed E-state index contributed by atoms with van der Waals surface area (Å²) in [4.78, 5) is 17.5. The second-order valence-corrected chi connectivity index (χ2v) is 10.7. The molecular weight excluding hydrogens is 522 g/mol. The third kappa shape index (κ3) is 5.59. The molecule has 4 N–H and O–H groups in total. The van der Waals surface area contributed by atoms with E-state index in [9.17, 15) is 15.0 Å². The number of aromatic nitrogens is 5. The van der Waals surface area contributed by atoms with Gasteiger partial charge in [0.15, 0.2) is 0 Å². The quantitative estimate of drug-likeness (QED) is 0.187. The molecule has 2 aromatic carbocycles. The summed E-state index contributed by atoms with van der Waals surface area (Å²) in [5, 5.41) is 36.1. The fourth-order valence-corrected chi connectivity index (χ4v) is 4.85. The average molecular weight is 558 g/mol. The third-order valence-corrected chi connectivity index (χ3v) is 6.83. The van der Waals surface area contributed by atoms with Gasteiger partial charge >= 0.3 is 0 Å². The number of hydrogen-bond donors (Lipinski definition) is 4. The smallest absolute Gasteiger partial charge is 0.274 e. The number of nitrogens with zero attached hydrogens (tertiary/aromatic N) is 5. The predicted octanol–water partition coefficient (Wildman–Crippen LogP) is 4.97. The summed E-state index contributed by atoms with van der Waals surface area (Å²) in [6.07, 6.45) is 1.60. The molecule has 5 aromatic rings. The van der Waals surface area contributed by atoms with Crippen LogP contribution in [0.2, 0.25) is 0 Å². The summed E-state index contributed by atoms with van der Waals surface area (Å²) in [6, 6.07) is 16.7. The van der Waals surface area contributed by atoms with E-state index in [1.807, 2.05) is 60.1 Å². The Morgan fingerprint density at radius 2 is 1.83 bits per heavy atom. The number of aliphatic hydroxyl groups is 2. The van der Waals surface area contributed by atoms with E-state index in [1.54, 1.807) is 30.8 Å². The van der Waals surface area contributed by atoms with Crippen LogP contribution in [0.3, 0.4) is 0 Å². The van der Waals surface area contributed by atoms with Gasteiger partial charge in [-0.15, -0.1) is 10.2 Å². The number of hydrogen-bond acceptors (Lipinski definition) is 9. The number of aliphatic hydroxyl groups excluding tert-OH is 1. The zero-order chi connectivity index (χ0) is 29.3. The molecule has 41 heavy (non-hydrogen) atoms. The number of benzene rings is 2. The molecule has 0 unspecified atom stereocenters. The molecule has 0 saturated heterocycles. The first-order valence-electron chi connectivity index (χ1n) is 13.6.